The summed E-state index contributed by atoms with van der Waals surface area (Å²) in [6.07, 6.45) is 1.73. The van der Waals surface area contributed by atoms with E-state index >= 15 is 0 Å². The number of esters is 1. The number of rotatable bonds is 8. The number of hydrogen-bond donors (Lipinski definition) is 1. The van der Waals surface area contributed by atoms with Crippen LogP contribution in [0.25, 0.3) is 0 Å². The monoisotopic (exact) mass is 312 g/mol. The molecule has 1 rings (SSSR count). The van der Waals surface area contributed by atoms with Gasteiger partial charge in [0.1, 0.15) is 10.6 Å². The van der Waals surface area contributed by atoms with Crippen LogP contribution in [0.15, 0.2) is 23.4 Å². The van der Waals surface area contributed by atoms with Gasteiger partial charge in [-0.3, -0.25) is 4.79 Å². The number of carbonyl (C=O) groups excluding carboxylic acids is 1. The summed E-state index contributed by atoms with van der Waals surface area (Å²) < 4.78 is 10.3. The van der Waals surface area contributed by atoms with Crippen molar-refractivity contribution in [2.75, 3.05) is 26.0 Å². The standard InChI is InChI=1S/C15H24N2O3S/c1-15(2,3)20-13(18)11-21-14-12(6-5-7-17-14)10-16-8-9-19-4/h5-7,16H,8-11H2,1-4H3. The van der Waals surface area contributed by atoms with Crippen molar-refractivity contribution < 1.29 is 14.3 Å². The Labute approximate surface area is 130 Å². The third-order valence-electron chi connectivity index (χ3n) is 2.40. The molecule has 0 unspecified atom stereocenters. The van der Waals surface area contributed by atoms with Gasteiger partial charge in [0, 0.05) is 26.4 Å². The summed E-state index contributed by atoms with van der Waals surface area (Å²) in [4.78, 5) is 16.1. The highest BCUT2D eigenvalue weighted by Crippen LogP contribution is 2.21. The van der Waals surface area contributed by atoms with Crippen LogP contribution < -0.4 is 5.32 Å². The molecule has 0 amide bonds. The molecule has 0 radical (unpaired) electrons. The van der Waals surface area contributed by atoms with Crippen molar-refractivity contribution in [1.82, 2.24) is 10.3 Å². The number of carbonyl (C=O) groups is 1. The van der Waals surface area contributed by atoms with Crippen molar-refractivity contribution in [2.45, 2.75) is 37.9 Å². The third kappa shape index (κ3) is 8.04. The fourth-order valence-corrected chi connectivity index (χ4v) is 2.36. The Morgan fingerprint density at radius 1 is 1.43 bits per heavy atom. The Morgan fingerprint density at radius 3 is 2.86 bits per heavy atom. The van der Waals surface area contributed by atoms with Gasteiger partial charge in [-0.25, -0.2) is 4.98 Å². The SMILES string of the molecule is COCCNCc1cccnc1SCC(=O)OC(C)(C)C. The molecule has 0 atom stereocenters. The molecule has 0 saturated heterocycles. The van der Waals surface area contributed by atoms with Gasteiger partial charge in [0.15, 0.2) is 0 Å². The number of nitrogens with zero attached hydrogens (tertiary/aromatic N) is 1. The topological polar surface area (TPSA) is 60.5 Å². The van der Waals surface area contributed by atoms with E-state index in [0.29, 0.717) is 13.2 Å². The Kier molecular flexibility index (Phi) is 7.71. The van der Waals surface area contributed by atoms with E-state index in [-0.39, 0.29) is 11.7 Å². The molecule has 0 bridgehead atoms. The first-order valence-corrected chi connectivity index (χ1v) is 7.89. The zero-order chi connectivity index (χ0) is 15.7. The second-order valence-electron chi connectivity index (χ2n) is 5.51. The third-order valence-corrected chi connectivity index (χ3v) is 3.42. The predicted molar refractivity (Wildman–Crippen MR) is 84.4 cm³/mol. The van der Waals surface area contributed by atoms with Gasteiger partial charge in [0.05, 0.1) is 12.4 Å². The highest BCUT2D eigenvalue weighted by molar-refractivity contribution is 7.99. The molecule has 6 heteroatoms. The lowest BCUT2D eigenvalue weighted by Gasteiger charge is -2.19. The number of ether oxygens (including phenoxy) is 2. The molecule has 21 heavy (non-hydrogen) atoms. The molecule has 0 aliphatic carbocycles. The molecule has 0 aliphatic heterocycles. The Bertz CT molecular complexity index is 447. The van der Waals surface area contributed by atoms with Gasteiger partial charge in [-0.2, -0.15) is 0 Å². The number of aromatic nitrogens is 1. The summed E-state index contributed by atoms with van der Waals surface area (Å²) in [5.41, 5.74) is 0.619. The molecular weight excluding hydrogens is 288 g/mol. The second kappa shape index (κ2) is 9.02. The minimum atomic E-state index is -0.452. The molecule has 0 fully saturated rings. The van der Waals surface area contributed by atoms with Crippen LogP contribution in [0.3, 0.4) is 0 Å². The smallest absolute Gasteiger partial charge is 0.316 e. The van der Waals surface area contributed by atoms with Gasteiger partial charge in [-0.1, -0.05) is 17.8 Å². The number of pyridine rings is 1. The van der Waals surface area contributed by atoms with Gasteiger partial charge in [0.2, 0.25) is 0 Å². The summed E-state index contributed by atoms with van der Waals surface area (Å²) in [5.74, 6) is 0.0377. The molecule has 0 aromatic carbocycles. The highest BCUT2D eigenvalue weighted by Gasteiger charge is 2.17. The molecule has 0 spiro atoms. The lowest BCUT2D eigenvalue weighted by atomic mass is 10.2. The maximum absolute atomic E-state index is 11.7. The van der Waals surface area contributed by atoms with Crippen LogP contribution >= 0.6 is 11.8 Å². The normalized spacial score (nSPS) is 11.4. The molecule has 118 valence electrons. The summed E-state index contributed by atoms with van der Waals surface area (Å²) in [5, 5.41) is 4.13. The van der Waals surface area contributed by atoms with Crippen LogP contribution in [-0.4, -0.2) is 42.6 Å². The number of hydrogen-bond acceptors (Lipinski definition) is 6. The van der Waals surface area contributed by atoms with E-state index in [1.807, 2.05) is 32.9 Å². The van der Waals surface area contributed by atoms with Crippen molar-refractivity contribution >= 4 is 17.7 Å². The summed E-state index contributed by atoms with van der Waals surface area (Å²) in [6.45, 7) is 7.74. The van der Waals surface area contributed by atoms with Crippen LogP contribution in [-0.2, 0) is 20.8 Å². The number of thioether (sulfide) groups is 1. The molecule has 1 aromatic heterocycles. The lowest BCUT2D eigenvalue weighted by molar-refractivity contribution is -0.151. The van der Waals surface area contributed by atoms with E-state index in [2.05, 4.69) is 10.3 Å². The van der Waals surface area contributed by atoms with Crippen LogP contribution in [0.4, 0.5) is 0 Å². The van der Waals surface area contributed by atoms with Crippen LogP contribution in [0.5, 0.6) is 0 Å². The molecule has 1 heterocycles. The fraction of sp³-hybridized carbons (Fsp3) is 0.600. The maximum Gasteiger partial charge on any atom is 0.316 e. The predicted octanol–water partition coefficient (Wildman–Crippen LogP) is 2.25. The Hall–Kier alpha value is -1.11. The molecule has 1 N–H and O–H groups in total. The number of methoxy groups -OCH3 is 1. The average molecular weight is 312 g/mol. The van der Waals surface area contributed by atoms with Gasteiger partial charge in [-0.05, 0) is 32.4 Å². The minimum absolute atomic E-state index is 0.226. The molecule has 0 aliphatic rings. The van der Waals surface area contributed by atoms with Crippen molar-refractivity contribution in [2.24, 2.45) is 0 Å². The zero-order valence-electron chi connectivity index (χ0n) is 13.1. The average Bonchev–Trinajstić information content (AvgIpc) is 2.40. The van der Waals surface area contributed by atoms with Crippen molar-refractivity contribution in [1.29, 1.82) is 0 Å². The fourth-order valence-electron chi connectivity index (χ4n) is 1.58. The van der Waals surface area contributed by atoms with Gasteiger partial charge in [-0.15, -0.1) is 0 Å². The van der Waals surface area contributed by atoms with E-state index < -0.39 is 5.60 Å². The first-order chi connectivity index (χ1) is 9.92. The minimum Gasteiger partial charge on any atom is -0.459 e. The van der Waals surface area contributed by atoms with Crippen molar-refractivity contribution in [3.05, 3.63) is 23.9 Å². The van der Waals surface area contributed by atoms with E-state index in [4.69, 9.17) is 9.47 Å². The van der Waals surface area contributed by atoms with Crippen molar-refractivity contribution in [3.8, 4) is 0 Å². The Balaban J connectivity index is 2.49. The van der Waals surface area contributed by atoms with E-state index in [1.165, 1.54) is 11.8 Å². The summed E-state index contributed by atoms with van der Waals surface area (Å²) >= 11 is 1.40. The first kappa shape index (κ1) is 17.9. The zero-order valence-corrected chi connectivity index (χ0v) is 14.0. The Morgan fingerprint density at radius 2 is 2.19 bits per heavy atom. The van der Waals surface area contributed by atoms with Gasteiger partial charge in [0.25, 0.3) is 0 Å². The van der Waals surface area contributed by atoms with Crippen LogP contribution in [0.1, 0.15) is 26.3 Å². The highest BCUT2D eigenvalue weighted by atomic mass is 32.2. The molecule has 1 aromatic rings. The van der Waals surface area contributed by atoms with E-state index in [9.17, 15) is 4.79 Å². The van der Waals surface area contributed by atoms with Gasteiger partial charge >= 0.3 is 5.97 Å². The lowest BCUT2D eigenvalue weighted by Crippen LogP contribution is -2.25. The van der Waals surface area contributed by atoms with Crippen molar-refractivity contribution in [3.63, 3.8) is 0 Å². The largest absolute Gasteiger partial charge is 0.459 e. The molecule has 0 saturated carbocycles. The first-order valence-electron chi connectivity index (χ1n) is 6.90. The van der Waals surface area contributed by atoms with Gasteiger partial charge < -0.3 is 14.8 Å². The van der Waals surface area contributed by atoms with Crippen LogP contribution in [0, 0.1) is 0 Å². The molecule has 5 nitrogen and oxygen atoms in total. The van der Waals surface area contributed by atoms with E-state index in [0.717, 1.165) is 17.1 Å². The number of nitrogens with one attached hydrogen (secondary N) is 1. The quantitative estimate of drug-likeness (QED) is 0.451. The van der Waals surface area contributed by atoms with E-state index in [1.54, 1.807) is 13.3 Å². The summed E-state index contributed by atoms with van der Waals surface area (Å²) in [7, 11) is 1.67. The maximum atomic E-state index is 11.7. The second-order valence-corrected chi connectivity index (χ2v) is 6.48. The van der Waals surface area contributed by atoms with Crippen LogP contribution in [0.2, 0.25) is 0 Å². The summed E-state index contributed by atoms with van der Waals surface area (Å²) in [6, 6.07) is 3.90. The molecular formula is C15H24N2O3S.